The molecule has 2 heterocycles. The number of rotatable bonds is 4. The van der Waals surface area contributed by atoms with E-state index >= 15 is 0 Å². The second-order valence-electron chi connectivity index (χ2n) is 5.66. The van der Waals surface area contributed by atoms with Gasteiger partial charge in [-0.25, -0.2) is 4.68 Å². The zero-order chi connectivity index (χ0) is 15.4. The third kappa shape index (κ3) is 3.04. The maximum atomic E-state index is 12.8. The van der Waals surface area contributed by atoms with Crippen molar-refractivity contribution >= 4 is 5.91 Å². The fourth-order valence-electron chi connectivity index (χ4n) is 3.09. The van der Waals surface area contributed by atoms with Crippen LogP contribution in [0, 0.1) is 0 Å². The minimum atomic E-state index is 0.0483. The second-order valence-corrected chi connectivity index (χ2v) is 5.66. The van der Waals surface area contributed by atoms with Crippen LogP contribution in [0.4, 0.5) is 0 Å². The molecule has 1 amide bonds. The van der Waals surface area contributed by atoms with Gasteiger partial charge < -0.3 is 10.0 Å². The van der Waals surface area contributed by atoms with Gasteiger partial charge in [0, 0.05) is 37.2 Å². The summed E-state index contributed by atoms with van der Waals surface area (Å²) in [5, 5.41) is 13.4. The van der Waals surface area contributed by atoms with Gasteiger partial charge in [0.2, 0.25) is 0 Å². The van der Waals surface area contributed by atoms with Crippen LogP contribution in [0.15, 0.2) is 42.7 Å². The minimum Gasteiger partial charge on any atom is -0.396 e. The van der Waals surface area contributed by atoms with Crippen molar-refractivity contribution in [2.75, 3.05) is 13.2 Å². The average molecular weight is 299 g/mol. The molecule has 1 unspecified atom stereocenters. The van der Waals surface area contributed by atoms with Crippen molar-refractivity contribution in [3.8, 4) is 5.69 Å². The first-order valence-corrected chi connectivity index (χ1v) is 7.81. The standard InChI is InChI=1S/C17H21N3O2/c21-12-8-15-6-1-2-10-19(15)17(22)14-5-3-7-16(13-14)20-11-4-9-18-20/h3-5,7,9,11,13,15,21H,1-2,6,8,10,12H2. The lowest BCUT2D eigenvalue weighted by atomic mass is 9.98. The van der Waals surface area contributed by atoms with Crippen LogP contribution in [0.3, 0.4) is 0 Å². The molecule has 1 aromatic heterocycles. The number of benzene rings is 1. The fraction of sp³-hybridized carbons (Fsp3) is 0.412. The molecule has 1 saturated heterocycles. The van der Waals surface area contributed by atoms with Crippen molar-refractivity contribution in [1.29, 1.82) is 0 Å². The van der Waals surface area contributed by atoms with Crippen LogP contribution in [-0.2, 0) is 0 Å². The summed E-state index contributed by atoms with van der Waals surface area (Å²) in [7, 11) is 0. The molecule has 1 N–H and O–H groups in total. The van der Waals surface area contributed by atoms with Crippen LogP contribution < -0.4 is 0 Å². The highest BCUT2D eigenvalue weighted by Crippen LogP contribution is 2.22. The second kappa shape index (κ2) is 6.75. The van der Waals surface area contributed by atoms with Crippen molar-refractivity contribution in [3.63, 3.8) is 0 Å². The highest BCUT2D eigenvalue weighted by Gasteiger charge is 2.27. The van der Waals surface area contributed by atoms with E-state index in [0.29, 0.717) is 12.0 Å². The summed E-state index contributed by atoms with van der Waals surface area (Å²) in [6, 6.07) is 9.55. The van der Waals surface area contributed by atoms with E-state index in [-0.39, 0.29) is 18.6 Å². The first-order valence-electron chi connectivity index (χ1n) is 7.81. The molecule has 116 valence electrons. The Kier molecular flexibility index (Phi) is 4.53. The molecule has 5 heteroatoms. The lowest BCUT2D eigenvalue weighted by molar-refractivity contribution is 0.0574. The predicted octanol–water partition coefficient (Wildman–Crippen LogP) is 2.25. The predicted molar refractivity (Wildman–Crippen MR) is 83.9 cm³/mol. The van der Waals surface area contributed by atoms with Gasteiger partial charge in [0.05, 0.1) is 5.69 Å². The molecule has 2 aromatic rings. The Labute approximate surface area is 130 Å². The first kappa shape index (κ1) is 14.8. The number of hydrogen-bond acceptors (Lipinski definition) is 3. The Hall–Kier alpha value is -2.14. The van der Waals surface area contributed by atoms with E-state index in [1.165, 1.54) is 0 Å². The van der Waals surface area contributed by atoms with Gasteiger partial charge in [0.1, 0.15) is 0 Å². The number of aromatic nitrogens is 2. The Morgan fingerprint density at radius 2 is 2.23 bits per heavy atom. The van der Waals surface area contributed by atoms with Gasteiger partial charge in [-0.15, -0.1) is 0 Å². The van der Waals surface area contributed by atoms with E-state index < -0.39 is 0 Å². The van der Waals surface area contributed by atoms with Gasteiger partial charge in [-0.1, -0.05) is 6.07 Å². The Morgan fingerprint density at radius 1 is 1.32 bits per heavy atom. The molecule has 1 aliphatic heterocycles. The van der Waals surface area contributed by atoms with E-state index in [1.807, 2.05) is 41.4 Å². The van der Waals surface area contributed by atoms with E-state index in [9.17, 15) is 9.90 Å². The van der Waals surface area contributed by atoms with Crippen molar-refractivity contribution in [3.05, 3.63) is 48.3 Å². The molecule has 0 saturated carbocycles. The largest absolute Gasteiger partial charge is 0.396 e. The molecule has 1 fully saturated rings. The fourth-order valence-corrected chi connectivity index (χ4v) is 3.09. The van der Waals surface area contributed by atoms with Gasteiger partial charge in [-0.3, -0.25) is 4.79 Å². The number of aliphatic hydroxyl groups is 1. The maximum Gasteiger partial charge on any atom is 0.254 e. The number of amides is 1. The molecule has 5 nitrogen and oxygen atoms in total. The van der Waals surface area contributed by atoms with E-state index in [4.69, 9.17) is 0 Å². The molecular formula is C17H21N3O2. The van der Waals surface area contributed by atoms with Crippen LogP contribution in [0.2, 0.25) is 0 Å². The molecule has 22 heavy (non-hydrogen) atoms. The highest BCUT2D eigenvalue weighted by atomic mass is 16.3. The van der Waals surface area contributed by atoms with Crippen LogP contribution in [-0.4, -0.2) is 44.9 Å². The van der Waals surface area contributed by atoms with Crippen molar-refractivity contribution in [2.45, 2.75) is 31.7 Å². The van der Waals surface area contributed by atoms with Gasteiger partial charge in [-0.2, -0.15) is 5.10 Å². The third-order valence-corrected chi connectivity index (χ3v) is 4.21. The van der Waals surface area contributed by atoms with Crippen LogP contribution in [0.5, 0.6) is 0 Å². The zero-order valence-corrected chi connectivity index (χ0v) is 12.6. The third-order valence-electron chi connectivity index (χ3n) is 4.21. The molecular weight excluding hydrogens is 278 g/mol. The Morgan fingerprint density at radius 3 is 3.00 bits per heavy atom. The molecule has 3 rings (SSSR count). The molecule has 0 spiro atoms. The van der Waals surface area contributed by atoms with Gasteiger partial charge in [0.25, 0.3) is 5.91 Å². The molecule has 0 radical (unpaired) electrons. The number of likely N-dealkylation sites (tertiary alicyclic amines) is 1. The van der Waals surface area contributed by atoms with E-state index in [0.717, 1.165) is 31.5 Å². The SMILES string of the molecule is O=C(c1cccc(-n2cccn2)c1)N1CCCCC1CCO. The summed E-state index contributed by atoms with van der Waals surface area (Å²) >= 11 is 0. The summed E-state index contributed by atoms with van der Waals surface area (Å²) in [6.45, 7) is 0.900. The van der Waals surface area contributed by atoms with Crippen molar-refractivity contribution in [2.24, 2.45) is 0 Å². The van der Waals surface area contributed by atoms with Crippen LogP contribution in [0.1, 0.15) is 36.0 Å². The number of carbonyl (C=O) groups is 1. The molecule has 1 atom stereocenters. The molecule has 0 aliphatic carbocycles. The monoisotopic (exact) mass is 299 g/mol. The summed E-state index contributed by atoms with van der Waals surface area (Å²) in [4.78, 5) is 14.7. The van der Waals surface area contributed by atoms with E-state index in [2.05, 4.69) is 5.10 Å². The summed E-state index contributed by atoms with van der Waals surface area (Å²) < 4.78 is 1.75. The van der Waals surface area contributed by atoms with E-state index in [1.54, 1.807) is 10.9 Å². The Balaban J connectivity index is 1.83. The lowest BCUT2D eigenvalue weighted by Crippen LogP contribution is -2.44. The quantitative estimate of drug-likeness (QED) is 0.942. The number of carbonyl (C=O) groups excluding carboxylic acids is 1. The normalized spacial score (nSPS) is 18.4. The maximum absolute atomic E-state index is 12.8. The molecule has 0 bridgehead atoms. The smallest absolute Gasteiger partial charge is 0.254 e. The number of piperidine rings is 1. The highest BCUT2D eigenvalue weighted by molar-refractivity contribution is 5.95. The van der Waals surface area contributed by atoms with Crippen LogP contribution >= 0.6 is 0 Å². The number of hydrogen-bond donors (Lipinski definition) is 1. The topological polar surface area (TPSA) is 58.4 Å². The molecule has 1 aromatic carbocycles. The number of aliphatic hydroxyl groups excluding tert-OH is 1. The Bertz CT molecular complexity index is 623. The zero-order valence-electron chi connectivity index (χ0n) is 12.6. The summed E-state index contributed by atoms with van der Waals surface area (Å²) in [5.41, 5.74) is 1.56. The number of nitrogens with zero attached hydrogens (tertiary/aromatic N) is 3. The molecule has 1 aliphatic rings. The minimum absolute atomic E-state index is 0.0483. The summed E-state index contributed by atoms with van der Waals surface area (Å²) in [6.07, 6.45) is 7.37. The van der Waals surface area contributed by atoms with Crippen molar-refractivity contribution in [1.82, 2.24) is 14.7 Å². The summed E-state index contributed by atoms with van der Waals surface area (Å²) in [5.74, 6) is 0.0483. The van der Waals surface area contributed by atoms with Gasteiger partial charge >= 0.3 is 0 Å². The average Bonchev–Trinajstić information content (AvgIpc) is 3.10. The van der Waals surface area contributed by atoms with Gasteiger partial charge in [-0.05, 0) is 49.9 Å². The van der Waals surface area contributed by atoms with Crippen molar-refractivity contribution < 1.29 is 9.90 Å². The van der Waals surface area contributed by atoms with Crippen LogP contribution in [0.25, 0.3) is 5.69 Å². The van der Waals surface area contributed by atoms with Gasteiger partial charge in [0.15, 0.2) is 0 Å². The first-order chi connectivity index (χ1) is 10.8. The lowest BCUT2D eigenvalue weighted by Gasteiger charge is -2.35.